The topological polar surface area (TPSA) is 55.8 Å². The Bertz CT molecular complexity index is 579. The summed E-state index contributed by atoms with van der Waals surface area (Å²) in [6.45, 7) is 9.21. The predicted octanol–water partition coefficient (Wildman–Crippen LogP) is 4.01. The summed E-state index contributed by atoms with van der Waals surface area (Å²) in [5, 5.41) is 0. The van der Waals surface area contributed by atoms with Crippen molar-refractivity contribution in [2.45, 2.75) is 52.7 Å². The molecule has 1 aromatic carbocycles. The van der Waals surface area contributed by atoms with Crippen molar-refractivity contribution in [1.82, 2.24) is 4.90 Å². The third-order valence-corrected chi connectivity index (χ3v) is 4.40. The van der Waals surface area contributed by atoms with Crippen LogP contribution in [0.2, 0.25) is 0 Å². The largest absolute Gasteiger partial charge is 0.460 e. The minimum Gasteiger partial charge on any atom is -0.460 e. The second-order valence-corrected chi connectivity index (χ2v) is 7.80. The van der Waals surface area contributed by atoms with Gasteiger partial charge in [-0.25, -0.2) is 4.79 Å². The van der Waals surface area contributed by atoms with Crippen molar-refractivity contribution < 1.29 is 19.1 Å². The Hall–Kier alpha value is -2.04. The molecular formula is C20H29NO4. The molecule has 0 radical (unpaired) electrons. The molecule has 1 aliphatic rings. The molecule has 0 aromatic heterocycles. The molecule has 0 saturated carbocycles. The van der Waals surface area contributed by atoms with Crippen molar-refractivity contribution in [1.29, 1.82) is 0 Å². The first-order valence-electron chi connectivity index (χ1n) is 8.92. The summed E-state index contributed by atoms with van der Waals surface area (Å²) in [6, 6.07) is 9.65. The highest BCUT2D eigenvalue weighted by molar-refractivity contribution is 5.70. The van der Waals surface area contributed by atoms with Crippen molar-refractivity contribution in [2.75, 3.05) is 13.1 Å². The Kier molecular flexibility index (Phi) is 6.45. The fourth-order valence-corrected chi connectivity index (χ4v) is 3.07. The Balaban J connectivity index is 1.78. The van der Waals surface area contributed by atoms with Crippen LogP contribution in [0.25, 0.3) is 0 Å². The quantitative estimate of drug-likeness (QED) is 0.772. The third-order valence-electron chi connectivity index (χ3n) is 4.40. The highest BCUT2D eigenvalue weighted by atomic mass is 16.6. The van der Waals surface area contributed by atoms with Gasteiger partial charge >= 0.3 is 12.1 Å². The Morgan fingerprint density at radius 3 is 2.48 bits per heavy atom. The van der Waals surface area contributed by atoms with Crippen molar-refractivity contribution in [3.05, 3.63) is 35.9 Å². The molecule has 25 heavy (non-hydrogen) atoms. The van der Waals surface area contributed by atoms with E-state index in [0.717, 1.165) is 12.0 Å². The van der Waals surface area contributed by atoms with Gasteiger partial charge < -0.3 is 14.4 Å². The Morgan fingerprint density at radius 1 is 1.20 bits per heavy atom. The van der Waals surface area contributed by atoms with Gasteiger partial charge in [0.15, 0.2) is 0 Å². The molecule has 2 atom stereocenters. The smallest absolute Gasteiger partial charge is 0.410 e. The number of amides is 1. The summed E-state index contributed by atoms with van der Waals surface area (Å²) in [7, 11) is 0. The highest BCUT2D eigenvalue weighted by Gasteiger charge is 2.32. The summed E-state index contributed by atoms with van der Waals surface area (Å²) in [5.74, 6) is 0.322. The maximum Gasteiger partial charge on any atom is 0.410 e. The van der Waals surface area contributed by atoms with Gasteiger partial charge in [0.05, 0.1) is 0 Å². The number of nitrogens with zero attached hydrogens (tertiary/aromatic N) is 1. The molecule has 1 amide bonds. The molecule has 0 N–H and O–H groups in total. The number of carbonyl (C=O) groups is 2. The van der Waals surface area contributed by atoms with Crippen LogP contribution in [0.1, 0.15) is 46.1 Å². The molecule has 2 rings (SSSR count). The van der Waals surface area contributed by atoms with E-state index >= 15 is 0 Å². The average Bonchev–Trinajstić information content (AvgIpc) is 2.53. The van der Waals surface area contributed by atoms with E-state index in [1.807, 2.05) is 51.1 Å². The number of rotatable bonds is 4. The van der Waals surface area contributed by atoms with Gasteiger partial charge in [0, 0.05) is 19.5 Å². The van der Waals surface area contributed by atoms with Gasteiger partial charge in [0.2, 0.25) is 0 Å². The molecule has 5 heteroatoms. The number of benzene rings is 1. The zero-order chi connectivity index (χ0) is 18.4. The summed E-state index contributed by atoms with van der Waals surface area (Å²) >= 11 is 0. The number of esters is 1. The Labute approximate surface area is 150 Å². The normalized spacial score (nSPS) is 20.9. The van der Waals surface area contributed by atoms with E-state index in [4.69, 9.17) is 9.47 Å². The van der Waals surface area contributed by atoms with Gasteiger partial charge in [-0.15, -0.1) is 0 Å². The molecule has 0 unspecified atom stereocenters. The minimum absolute atomic E-state index is 0.163. The molecule has 0 aliphatic carbocycles. The maximum atomic E-state index is 12.2. The third kappa shape index (κ3) is 6.40. The number of hydrogen-bond donors (Lipinski definition) is 0. The summed E-state index contributed by atoms with van der Waals surface area (Å²) < 4.78 is 10.8. The van der Waals surface area contributed by atoms with Crippen molar-refractivity contribution >= 4 is 12.1 Å². The van der Waals surface area contributed by atoms with Crippen LogP contribution in [-0.4, -0.2) is 35.7 Å². The van der Waals surface area contributed by atoms with Crippen molar-refractivity contribution in [3.63, 3.8) is 0 Å². The fourth-order valence-electron chi connectivity index (χ4n) is 3.07. The van der Waals surface area contributed by atoms with E-state index in [1.54, 1.807) is 4.90 Å². The maximum absolute atomic E-state index is 12.2. The summed E-state index contributed by atoms with van der Waals surface area (Å²) in [5.41, 5.74) is 0.520. The van der Waals surface area contributed by atoms with E-state index in [1.165, 1.54) is 0 Å². The molecule has 5 nitrogen and oxygen atoms in total. The molecule has 1 aromatic rings. The van der Waals surface area contributed by atoms with Crippen LogP contribution >= 0.6 is 0 Å². The van der Waals surface area contributed by atoms with Crippen molar-refractivity contribution in [2.24, 2.45) is 11.8 Å². The zero-order valence-electron chi connectivity index (χ0n) is 15.7. The molecule has 1 saturated heterocycles. The number of ether oxygens (including phenoxy) is 2. The summed E-state index contributed by atoms with van der Waals surface area (Å²) in [4.78, 5) is 26.0. The van der Waals surface area contributed by atoms with Gasteiger partial charge in [-0.2, -0.15) is 0 Å². The van der Waals surface area contributed by atoms with Crippen molar-refractivity contribution in [3.8, 4) is 0 Å². The zero-order valence-corrected chi connectivity index (χ0v) is 15.7. The lowest BCUT2D eigenvalue weighted by atomic mass is 9.84. The van der Waals surface area contributed by atoms with Gasteiger partial charge in [0.1, 0.15) is 12.2 Å². The van der Waals surface area contributed by atoms with E-state index in [-0.39, 0.29) is 30.5 Å². The molecule has 138 valence electrons. The first-order chi connectivity index (χ1) is 11.7. The Morgan fingerprint density at radius 2 is 1.88 bits per heavy atom. The first kappa shape index (κ1) is 19.3. The van der Waals surface area contributed by atoms with E-state index in [0.29, 0.717) is 19.5 Å². The second-order valence-electron chi connectivity index (χ2n) is 7.80. The molecular weight excluding hydrogens is 318 g/mol. The van der Waals surface area contributed by atoms with Crippen LogP contribution in [0, 0.1) is 11.8 Å². The molecule has 1 heterocycles. The van der Waals surface area contributed by atoms with Crippen LogP contribution in [0.3, 0.4) is 0 Å². The van der Waals surface area contributed by atoms with Gasteiger partial charge in [0.25, 0.3) is 0 Å². The van der Waals surface area contributed by atoms with Gasteiger partial charge in [-0.05, 0) is 44.6 Å². The molecule has 0 spiro atoms. The van der Waals surface area contributed by atoms with Gasteiger partial charge in [-0.3, -0.25) is 4.79 Å². The lowest BCUT2D eigenvalue weighted by Gasteiger charge is -2.36. The number of likely N-dealkylation sites (tertiary alicyclic amines) is 1. The SMILES string of the molecule is C[C@H]1CN(C(=O)OCc2ccccc2)CC[C@H]1CC(=O)OC(C)(C)C. The summed E-state index contributed by atoms with van der Waals surface area (Å²) in [6.07, 6.45) is 0.915. The monoisotopic (exact) mass is 347 g/mol. The van der Waals surface area contributed by atoms with Crippen LogP contribution in [0.4, 0.5) is 4.79 Å². The molecule has 1 aliphatic heterocycles. The number of carbonyl (C=O) groups excluding carboxylic acids is 2. The van der Waals surface area contributed by atoms with E-state index < -0.39 is 5.60 Å². The van der Waals surface area contributed by atoms with Crippen LogP contribution in [0.15, 0.2) is 30.3 Å². The lowest BCUT2D eigenvalue weighted by molar-refractivity contribution is -0.156. The second kappa shape index (κ2) is 8.37. The van der Waals surface area contributed by atoms with Crippen LogP contribution in [-0.2, 0) is 20.9 Å². The average molecular weight is 347 g/mol. The lowest BCUT2D eigenvalue weighted by Crippen LogP contribution is -2.43. The first-order valence-corrected chi connectivity index (χ1v) is 8.92. The minimum atomic E-state index is -0.456. The predicted molar refractivity (Wildman–Crippen MR) is 95.9 cm³/mol. The number of hydrogen-bond acceptors (Lipinski definition) is 4. The number of piperidine rings is 1. The molecule has 1 fully saturated rings. The standard InChI is InChI=1S/C20H29NO4/c1-15-13-21(19(23)24-14-16-8-6-5-7-9-16)11-10-17(15)12-18(22)25-20(2,3)4/h5-9,15,17H,10-14H2,1-4H3/t15-,17-/m0/s1. The van der Waals surface area contributed by atoms with Gasteiger partial charge in [-0.1, -0.05) is 37.3 Å². The molecule has 0 bridgehead atoms. The van der Waals surface area contributed by atoms with Crippen LogP contribution < -0.4 is 0 Å². The highest BCUT2D eigenvalue weighted by Crippen LogP contribution is 2.27. The van der Waals surface area contributed by atoms with Crippen LogP contribution in [0.5, 0.6) is 0 Å². The van der Waals surface area contributed by atoms with E-state index in [2.05, 4.69) is 6.92 Å². The van der Waals surface area contributed by atoms with E-state index in [9.17, 15) is 9.59 Å². The fraction of sp³-hybridized carbons (Fsp3) is 0.600.